The number of benzene rings is 1. The van der Waals surface area contributed by atoms with Gasteiger partial charge in [0.2, 0.25) is 5.91 Å². The zero-order valence-electron chi connectivity index (χ0n) is 19.4. The lowest BCUT2D eigenvalue weighted by atomic mass is 9.85. The van der Waals surface area contributed by atoms with Gasteiger partial charge in [-0.3, -0.25) is 4.79 Å². The van der Waals surface area contributed by atoms with Crippen LogP contribution in [0.5, 0.6) is 0 Å². The molecule has 0 radical (unpaired) electrons. The molecule has 0 unspecified atom stereocenters. The van der Waals surface area contributed by atoms with Crippen LogP contribution < -0.4 is 10.2 Å². The van der Waals surface area contributed by atoms with E-state index in [2.05, 4.69) is 30.2 Å². The van der Waals surface area contributed by atoms with Crippen LogP contribution in [0.25, 0.3) is 0 Å². The molecule has 0 saturated heterocycles. The number of carbonyl (C=O) groups excluding carboxylic acids is 1. The molecule has 1 saturated carbocycles. The van der Waals surface area contributed by atoms with E-state index in [0.717, 1.165) is 54.0 Å². The highest BCUT2D eigenvalue weighted by Gasteiger charge is 2.34. The van der Waals surface area contributed by atoms with E-state index in [1.807, 2.05) is 49.1 Å². The Morgan fingerprint density at radius 3 is 2.69 bits per heavy atom. The number of hydrogen-bond acceptors (Lipinski definition) is 5. The van der Waals surface area contributed by atoms with Gasteiger partial charge in [0.25, 0.3) is 0 Å². The second-order valence-electron chi connectivity index (χ2n) is 9.69. The Labute approximate surface area is 190 Å². The molecule has 32 heavy (non-hydrogen) atoms. The molecule has 168 valence electrons. The number of ether oxygens (including phenoxy) is 1. The van der Waals surface area contributed by atoms with Crippen LogP contribution in [0.2, 0.25) is 0 Å². The van der Waals surface area contributed by atoms with Crippen LogP contribution in [0.4, 0.5) is 17.2 Å². The molecular formula is C26H32N4O2. The standard InChI is InChI=1S/C26H32N4O2/c1-17(2)32-21-10-7-18(8-11-21)25(31)30-15-19-6-5-13-28-24(19)29-22-12-9-20(14-23(22)30)26(3,4)16-27/h5-6,9,12-14,17-18,21H,7-8,10-11,15H2,1-4H3,(H,28,29). The summed E-state index contributed by atoms with van der Waals surface area (Å²) >= 11 is 0. The Bertz CT molecular complexity index is 1030. The normalized spacial score (nSPS) is 20.6. The highest BCUT2D eigenvalue weighted by molar-refractivity contribution is 5.99. The van der Waals surface area contributed by atoms with Crippen LogP contribution in [0.15, 0.2) is 36.5 Å². The third-order valence-corrected chi connectivity index (χ3v) is 6.52. The Morgan fingerprint density at radius 2 is 2.00 bits per heavy atom. The number of nitrogens with zero attached hydrogens (tertiary/aromatic N) is 3. The van der Waals surface area contributed by atoms with Crippen molar-refractivity contribution in [2.75, 3.05) is 10.2 Å². The smallest absolute Gasteiger partial charge is 0.230 e. The maximum Gasteiger partial charge on any atom is 0.230 e. The highest BCUT2D eigenvalue weighted by atomic mass is 16.5. The van der Waals surface area contributed by atoms with E-state index >= 15 is 0 Å². The van der Waals surface area contributed by atoms with E-state index in [4.69, 9.17) is 4.74 Å². The monoisotopic (exact) mass is 432 g/mol. The molecule has 0 bridgehead atoms. The fraction of sp³-hybridized carbons (Fsp3) is 0.500. The van der Waals surface area contributed by atoms with E-state index in [0.29, 0.717) is 6.54 Å². The fourth-order valence-electron chi connectivity index (χ4n) is 4.62. The van der Waals surface area contributed by atoms with E-state index in [9.17, 15) is 10.1 Å². The summed E-state index contributed by atoms with van der Waals surface area (Å²) in [4.78, 5) is 20.2. The van der Waals surface area contributed by atoms with Gasteiger partial charge < -0.3 is 15.0 Å². The van der Waals surface area contributed by atoms with Crippen LogP contribution in [0, 0.1) is 17.2 Å². The van der Waals surface area contributed by atoms with Gasteiger partial charge in [-0.2, -0.15) is 5.26 Å². The number of amides is 1. The molecule has 6 nitrogen and oxygen atoms in total. The number of fused-ring (bicyclic) bond motifs is 2. The topological polar surface area (TPSA) is 78.2 Å². The maximum absolute atomic E-state index is 13.8. The Balaban J connectivity index is 1.67. The SMILES string of the molecule is CC(C)OC1CCC(C(=O)N2Cc3cccnc3Nc3ccc(C(C)(C)C#N)cc32)CC1. The molecule has 2 aliphatic rings. The molecule has 1 aromatic heterocycles. The average molecular weight is 433 g/mol. The summed E-state index contributed by atoms with van der Waals surface area (Å²) in [5.41, 5.74) is 2.88. The summed E-state index contributed by atoms with van der Waals surface area (Å²) in [6.07, 6.45) is 5.69. The van der Waals surface area contributed by atoms with Crippen LogP contribution >= 0.6 is 0 Å². The molecule has 1 amide bonds. The molecule has 0 atom stereocenters. The minimum absolute atomic E-state index is 0.0271. The molecule has 1 aliphatic heterocycles. The number of nitrogens with one attached hydrogen (secondary N) is 1. The first-order valence-corrected chi connectivity index (χ1v) is 11.5. The van der Waals surface area contributed by atoms with Gasteiger partial charge in [-0.25, -0.2) is 4.98 Å². The number of nitriles is 1. The highest BCUT2D eigenvalue weighted by Crippen LogP contribution is 2.40. The molecule has 0 spiro atoms. The van der Waals surface area contributed by atoms with Crippen molar-refractivity contribution < 1.29 is 9.53 Å². The maximum atomic E-state index is 13.8. The summed E-state index contributed by atoms with van der Waals surface area (Å²) < 4.78 is 5.98. The van der Waals surface area contributed by atoms with E-state index in [-0.39, 0.29) is 24.0 Å². The van der Waals surface area contributed by atoms with Gasteiger partial charge >= 0.3 is 0 Å². The fourth-order valence-corrected chi connectivity index (χ4v) is 4.62. The molecule has 1 aromatic carbocycles. The lowest BCUT2D eigenvalue weighted by Gasteiger charge is -2.33. The largest absolute Gasteiger partial charge is 0.376 e. The van der Waals surface area contributed by atoms with Crippen molar-refractivity contribution in [3.8, 4) is 6.07 Å². The summed E-state index contributed by atoms with van der Waals surface area (Å²) in [6, 6.07) is 12.2. The summed E-state index contributed by atoms with van der Waals surface area (Å²) in [5, 5.41) is 13.1. The van der Waals surface area contributed by atoms with Crippen molar-refractivity contribution in [1.29, 1.82) is 5.26 Å². The lowest BCUT2D eigenvalue weighted by molar-refractivity contribution is -0.124. The number of carbonyl (C=O) groups is 1. The van der Waals surface area contributed by atoms with Gasteiger partial charge in [0.15, 0.2) is 0 Å². The quantitative estimate of drug-likeness (QED) is 0.694. The summed E-state index contributed by atoms with van der Waals surface area (Å²) in [5.74, 6) is 0.880. The molecule has 6 heteroatoms. The molecule has 1 aliphatic carbocycles. The van der Waals surface area contributed by atoms with Gasteiger partial charge in [0, 0.05) is 17.7 Å². The molecule has 2 aromatic rings. The van der Waals surface area contributed by atoms with Gasteiger partial charge in [-0.15, -0.1) is 0 Å². The minimum Gasteiger partial charge on any atom is -0.376 e. The predicted molar refractivity (Wildman–Crippen MR) is 126 cm³/mol. The third kappa shape index (κ3) is 4.49. The van der Waals surface area contributed by atoms with Gasteiger partial charge in [-0.05, 0) is 77.1 Å². The molecular weight excluding hydrogens is 400 g/mol. The van der Waals surface area contributed by atoms with Crippen molar-refractivity contribution in [1.82, 2.24) is 4.98 Å². The van der Waals surface area contributed by atoms with Crippen molar-refractivity contribution in [3.63, 3.8) is 0 Å². The Kier molecular flexibility index (Phi) is 6.21. The minimum atomic E-state index is -0.645. The molecule has 1 fully saturated rings. The number of hydrogen-bond donors (Lipinski definition) is 1. The first kappa shape index (κ1) is 22.3. The lowest BCUT2D eigenvalue weighted by Crippen LogP contribution is -2.38. The van der Waals surface area contributed by atoms with E-state index in [1.165, 1.54) is 0 Å². The van der Waals surface area contributed by atoms with Crippen molar-refractivity contribution in [3.05, 3.63) is 47.7 Å². The Morgan fingerprint density at radius 1 is 1.25 bits per heavy atom. The van der Waals surface area contributed by atoms with Crippen LogP contribution in [0.1, 0.15) is 64.5 Å². The van der Waals surface area contributed by atoms with Crippen molar-refractivity contribution in [2.45, 2.75) is 77.5 Å². The van der Waals surface area contributed by atoms with Crippen LogP contribution in [-0.4, -0.2) is 23.1 Å². The first-order valence-electron chi connectivity index (χ1n) is 11.5. The second-order valence-corrected chi connectivity index (χ2v) is 9.69. The van der Waals surface area contributed by atoms with E-state index in [1.54, 1.807) is 6.20 Å². The Hall–Kier alpha value is -2.91. The average Bonchev–Trinajstić information content (AvgIpc) is 2.95. The van der Waals surface area contributed by atoms with Crippen LogP contribution in [-0.2, 0) is 21.5 Å². The third-order valence-electron chi connectivity index (χ3n) is 6.52. The summed E-state index contributed by atoms with van der Waals surface area (Å²) in [6.45, 7) is 8.38. The van der Waals surface area contributed by atoms with Crippen molar-refractivity contribution in [2.24, 2.45) is 5.92 Å². The van der Waals surface area contributed by atoms with Gasteiger partial charge in [-0.1, -0.05) is 12.1 Å². The number of aromatic nitrogens is 1. The number of rotatable bonds is 4. The molecule has 4 rings (SSSR count). The number of anilines is 3. The zero-order chi connectivity index (χ0) is 22.9. The van der Waals surface area contributed by atoms with Crippen LogP contribution in [0.3, 0.4) is 0 Å². The van der Waals surface area contributed by atoms with Gasteiger partial charge in [0.05, 0.1) is 41.6 Å². The predicted octanol–water partition coefficient (Wildman–Crippen LogP) is 5.46. The first-order chi connectivity index (χ1) is 15.3. The second kappa shape index (κ2) is 8.91. The van der Waals surface area contributed by atoms with E-state index < -0.39 is 5.41 Å². The van der Waals surface area contributed by atoms with Crippen molar-refractivity contribution >= 4 is 23.1 Å². The number of pyridine rings is 1. The van der Waals surface area contributed by atoms with Gasteiger partial charge in [0.1, 0.15) is 5.82 Å². The molecule has 1 N–H and O–H groups in total. The molecule has 2 heterocycles. The summed E-state index contributed by atoms with van der Waals surface area (Å²) in [7, 11) is 0. The zero-order valence-corrected chi connectivity index (χ0v) is 19.4.